The first-order valence-corrected chi connectivity index (χ1v) is 9.37. The molecule has 3 rings (SSSR count). The number of ether oxygens (including phenoxy) is 2. The Morgan fingerprint density at radius 2 is 1.86 bits per heavy atom. The molecule has 0 bridgehead atoms. The van der Waals surface area contributed by atoms with Crippen molar-refractivity contribution in [2.24, 2.45) is 0 Å². The Morgan fingerprint density at radius 3 is 2.54 bits per heavy atom. The van der Waals surface area contributed by atoms with Crippen molar-refractivity contribution in [1.29, 1.82) is 0 Å². The zero-order valence-electron chi connectivity index (χ0n) is 15.7. The second-order valence-corrected chi connectivity index (χ2v) is 6.52. The fraction of sp³-hybridized carbons (Fsp3) is 0.238. The van der Waals surface area contributed by atoms with Crippen molar-refractivity contribution in [1.82, 2.24) is 4.90 Å². The van der Waals surface area contributed by atoms with Gasteiger partial charge >= 0.3 is 0 Å². The van der Waals surface area contributed by atoms with E-state index in [1.165, 1.54) is 6.08 Å². The quantitative estimate of drug-likeness (QED) is 0.738. The first-order valence-electron chi connectivity index (χ1n) is 8.99. The smallest absolute Gasteiger partial charge is 0.253 e. The maximum atomic E-state index is 12.3. The number of amides is 2. The van der Waals surface area contributed by atoms with E-state index >= 15 is 0 Å². The van der Waals surface area contributed by atoms with Gasteiger partial charge in [0.1, 0.15) is 0 Å². The second kappa shape index (κ2) is 8.80. The van der Waals surface area contributed by atoms with E-state index in [1.54, 1.807) is 47.4 Å². The summed E-state index contributed by atoms with van der Waals surface area (Å²) in [6.07, 6.45) is 3.05. The average Bonchev–Trinajstić information content (AvgIpc) is 3.17. The Balaban J connectivity index is 1.63. The summed E-state index contributed by atoms with van der Waals surface area (Å²) in [7, 11) is 0. The van der Waals surface area contributed by atoms with E-state index in [-0.39, 0.29) is 18.6 Å². The van der Waals surface area contributed by atoms with Crippen molar-refractivity contribution < 1.29 is 19.1 Å². The molecule has 0 radical (unpaired) electrons. The third kappa shape index (κ3) is 4.46. The largest absolute Gasteiger partial charge is 0.454 e. The highest BCUT2D eigenvalue weighted by molar-refractivity contribution is 6.32. The Kier molecular flexibility index (Phi) is 6.21. The topological polar surface area (TPSA) is 67.9 Å². The molecule has 7 heteroatoms. The monoisotopic (exact) mass is 400 g/mol. The molecule has 146 valence electrons. The fourth-order valence-corrected chi connectivity index (χ4v) is 3.10. The normalized spacial score (nSPS) is 12.2. The van der Waals surface area contributed by atoms with Crippen molar-refractivity contribution in [3.8, 4) is 11.5 Å². The number of halogens is 1. The van der Waals surface area contributed by atoms with Crippen LogP contribution in [0, 0.1) is 0 Å². The molecule has 1 N–H and O–H groups in total. The van der Waals surface area contributed by atoms with E-state index in [0.29, 0.717) is 40.9 Å². The van der Waals surface area contributed by atoms with Gasteiger partial charge in [-0.1, -0.05) is 11.6 Å². The Morgan fingerprint density at radius 1 is 1.14 bits per heavy atom. The lowest BCUT2D eigenvalue weighted by molar-refractivity contribution is -0.111. The van der Waals surface area contributed by atoms with E-state index in [9.17, 15) is 9.59 Å². The van der Waals surface area contributed by atoms with Gasteiger partial charge in [-0.3, -0.25) is 9.59 Å². The number of carbonyl (C=O) groups excluding carboxylic acids is 2. The number of benzene rings is 2. The summed E-state index contributed by atoms with van der Waals surface area (Å²) in [5, 5.41) is 3.20. The molecule has 1 heterocycles. The minimum atomic E-state index is -0.295. The third-order valence-corrected chi connectivity index (χ3v) is 4.61. The van der Waals surface area contributed by atoms with Crippen LogP contribution in [0.25, 0.3) is 6.08 Å². The maximum Gasteiger partial charge on any atom is 0.253 e. The molecule has 28 heavy (non-hydrogen) atoms. The number of carbonyl (C=O) groups is 2. The molecule has 0 aromatic heterocycles. The lowest BCUT2D eigenvalue weighted by Gasteiger charge is -2.18. The van der Waals surface area contributed by atoms with Gasteiger partial charge in [0, 0.05) is 30.4 Å². The van der Waals surface area contributed by atoms with E-state index in [4.69, 9.17) is 21.1 Å². The summed E-state index contributed by atoms with van der Waals surface area (Å²) in [4.78, 5) is 26.2. The molecule has 1 aliphatic heterocycles. The number of nitrogens with one attached hydrogen (secondary N) is 1. The summed E-state index contributed by atoms with van der Waals surface area (Å²) in [5.41, 5.74) is 1.92. The SMILES string of the molecule is CCN(CC)C(=O)c1ccc(NC(=O)C=Cc2cc(Cl)c3c(c2)OCO3)cc1. The summed E-state index contributed by atoms with van der Waals surface area (Å²) in [5.74, 6) is 0.753. The van der Waals surface area contributed by atoms with Crippen LogP contribution in [0.1, 0.15) is 29.8 Å². The molecule has 1 aliphatic rings. The van der Waals surface area contributed by atoms with Crippen molar-refractivity contribution in [2.75, 3.05) is 25.2 Å². The molecule has 2 aromatic carbocycles. The summed E-state index contributed by atoms with van der Waals surface area (Å²) in [6, 6.07) is 10.3. The Labute approximate surface area is 168 Å². The fourth-order valence-electron chi connectivity index (χ4n) is 2.83. The molecule has 6 nitrogen and oxygen atoms in total. The molecule has 0 unspecified atom stereocenters. The van der Waals surface area contributed by atoms with Gasteiger partial charge < -0.3 is 19.7 Å². The van der Waals surface area contributed by atoms with Gasteiger partial charge in [-0.25, -0.2) is 0 Å². The first kappa shape index (κ1) is 19.8. The van der Waals surface area contributed by atoms with Gasteiger partial charge in [0.05, 0.1) is 5.02 Å². The molecule has 0 saturated heterocycles. The van der Waals surface area contributed by atoms with Crippen molar-refractivity contribution in [2.45, 2.75) is 13.8 Å². The van der Waals surface area contributed by atoms with E-state index < -0.39 is 0 Å². The zero-order valence-corrected chi connectivity index (χ0v) is 16.5. The van der Waals surface area contributed by atoms with Crippen LogP contribution in [0.4, 0.5) is 5.69 Å². The van der Waals surface area contributed by atoms with Crippen LogP contribution in [-0.2, 0) is 4.79 Å². The van der Waals surface area contributed by atoms with Crippen molar-refractivity contribution >= 4 is 35.2 Å². The number of rotatable bonds is 6. The van der Waals surface area contributed by atoms with Crippen LogP contribution in [-0.4, -0.2) is 36.6 Å². The summed E-state index contributed by atoms with van der Waals surface area (Å²) >= 11 is 6.13. The number of nitrogens with zero attached hydrogens (tertiary/aromatic N) is 1. The molecular formula is C21H21ClN2O4. The molecule has 0 atom stereocenters. The van der Waals surface area contributed by atoms with Crippen LogP contribution in [0.3, 0.4) is 0 Å². The van der Waals surface area contributed by atoms with Gasteiger partial charge in [-0.05, 0) is 61.9 Å². The minimum absolute atomic E-state index is 0.0255. The number of hydrogen-bond acceptors (Lipinski definition) is 4. The molecule has 0 fully saturated rings. The lowest BCUT2D eigenvalue weighted by atomic mass is 10.1. The minimum Gasteiger partial charge on any atom is -0.454 e. The predicted molar refractivity (Wildman–Crippen MR) is 109 cm³/mol. The highest BCUT2D eigenvalue weighted by atomic mass is 35.5. The summed E-state index contributed by atoms with van der Waals surface area (Å²) in [6.45, 7) is 5.33. The van der Waals surface area contributed by atoms with Crippen LogP contribution in [0.2, 0.25) is 5.02 Å². The standard InChI is InChI=1S/C21H21ClN2O4/c1-3-24(4-2)21(26)15-6-8-16(9-7-15)23-19(25)10-5-14-11-17(22)20-18(12-14)27-13-28-20/h5-12H,3-4,13H2,1-2H3,(H,23,25). The molecular weight excluding hydrogens is 380 g/mol. The van der Waals surface area contributed by atoms with E-state index in [2.05, 4.69) is 5.32 Å². The average molecular weight is 401 g/mol. The molecule has 2 amide bonds. The Bertz CT molecular complexity index is 905. The molecule has 2 aromatic rings. The Hall–Kier alpha value is -2.99. The number of anilines is 1. The van der Waals surface area contributed by atoms with Crippen LogP contribution < -0.4 is 14.8 Å². The first-order chi connectivity index (χ1) is 13.5. The highest BCUT2D eigenvalue weighted by Crippen LogP contribution is 2.40. The maximum absolute atomic E-state index is 12.3. The molecule has 0 aliphatic carbocycles. The zero-order chi connectivity index (χ0) is 20.1. The van der Waals surface area contributed by atoms with E-state index in [0.717, 1.165) is 5.56 Å². The third-order valence-electron chi connectivity index (χ3n) is 4.33. The van der Waals surface area contributed by atoms with Gasteiger partial charge in [0.15, 0.2) is 11.5 Å². The predicted octanol–water partition coefficient (Wildman–Crippen LogP) is 4.20. The molecule has 0 spiro atoms. The highest BCUT2D eigenvalue weighted by Gasteiger charge is 2.17. The van der Waals surface area contributed by atoms with Crippen molar-refractivity contribution in [3.63, 3.8) is 0 Å². The second-order valence-electron chi connectivity index (χ2n) is 6.11. The van der Waals surface area contributed by atoms with Crippen LogP contribution in [0.15, 0.2) is 42.5 Å². The number of fused-ring (bicyclic) bond motifs is 1. The lowest BCUT2D eigenvalue weighted by Crippen LogP contribution is -2.30. The number of hydrogen-bond donors (Lipinski definition) is 1. The van der Waals surface area contributed by atoms with Crippen LogP contribution >= 0.6 is 11.6 Å². The van der Waals surface area contributed by atoms with Gasteiger partial charge in [0.2, 0.25) is 12.7 Å². The van der Waals surface area contributed by atoms with Gasteiger partial charge in [0.25, 0.3) is 5.91 Å². The van der Waals surface area contributed by atoms with E-state index in [1.807, 2.05) is 13.8 Å². The summed E-state index contributed by atoms with van der Waals surface area (Å²) < 4.78 is 10.6. The van der Waals surface area contributed by atoms with Gasteiger partial charge in [-0.15, -0.1) is 0 Å². The van der Waals surface area contributed by atoms with Crippen LogP contribution in [0.5, 0.6) is 11.5 Å². The molecule has 0 saturated carbocycles. The van der Waals surface area contributed by atoms with Gasteiger partial charge in [-0.2, -0.15) is 0 Å². The van der Waals surface area contributed by atoms with Crippen molar-refractivity contribution in [3.05, 3.63) is 58.6 Å².